The first-order valence-electron chi connectivity index (χ1n) is 4.67. The first-order valence-corrected chi connectivity index (χ1v) is 4.67. The molecule has 4 N–H and O–H groups in total. The number of nitrogens with one attached hydrogen (secondary N) is 1. The molecule has 8 nitrogen and oxygen atoms in total. The molecule has 0 saturated carbocycles. The number of hydrogen-bond acceptors (Lipinski definition) is 7. The van der Waals surface area contributed by atoms with Crippen LogP contribution in [0, 0.1) is 0 Å². The van der Waals surface area contributed by atoms with Crippen LogP contribution in [0.4, 0.5) is 5.82 Å². The monoisotopic (exact) mass is 230 g/mol. The Morgan fingerprint density at radius 3 is 2.94 bits per heavy atom. The minimum Gasteiger partial charge on any atom is -0.396 e. The smallest absolute Gasteiger partial charge is 0.277 e. The summed E-state index contributed by atoms with van der Waals surface area (Å²) in [6.45, 7) is 0.234. The molecule has 0 radical (unpaired) electrons. The van der Waals surface area contributed by atoms with Crippen molar-refractivity contribution in [2.45, 2.75) is 12.5 Å². The first kappa shape index (κ1) is 12.4. The second-order valence-corrected chi connectivity index (χ2v) is 3.14. The quantitative estimate of drug-likeness (QED) is 0.559. The van der Waals surface area contributed by atoms with Crippen molar-refractivity contribution in [3.63, 3.8) is 0 Å². The van der Waals surface area contributed by atoms with E-state index in [1.165, 1.54) is 7.11 Å². The first-order chi connectivity index (χ1) is 7.69. The standard InChI is InChI=1S/C8H14N4O4/c1-15-4-5(2-3-13)10-8(14)6-7(9)12-16-11-6/h5,13H,2-4H2,1H3,(H2,9,12)(H,10,14). The number of rotatable bonds is 6. The molecular formula is C8H14N4O4. The van der Waals surface area contributed by atoms with Gasteiger partial charge in [0.05, 0.1) is 12.6 Å². The molecule has 1 aromatic rings. The minimum absolute atomic E-state index is 0.0547. The van der Waals surface area contributed by atoms with E-state index < -0.39 is 5.91 Å². The minimum atomic E-state index is -0.505. The summed E-state index contributed by atoms with van der Waals surface area (Å²) in [7, 11) is 1.50. The van der Waals surface area contributed by atoms with Gasteiger partial charge in [0.1, 0.15) is 0 Å². The van der Waals surface area contributed by atoms with Crippen LogP contribution < -0.4 is 11.1 Å². The van der Waals surface area contributed by atoms with E-state index in [0.29, 0.717) is 6.42 Å². The van der Waals surface area contributed by atoms with Gasteiger partial charge in [0.25, 0.3) is 5.91 Å². The van der Waals surface area contributed by atoms with Gasteiger partial charge in [-0.15, -0.1) is 0 Å². The van der Waals surface area contributed by atoms with Crippen LogP contribution in [0.25, 0.3) is 0 Å². The topological polar surface area (TPSA) is 124 Å². The summed E-state index contributed by atoms with van der Waals surface area (Å²) in [6, 6.07) is -0.307. The van der Waals surface area contributed by atoms with E-state index in [-0.39, 0.29) is 30.8 Å². The summed E-state index contributed by atoms with van der Waals surface area (Å²) in [6.07, 6.45) is 0.380. The molecule has 8 heteroatoms. The third-order valence-corrected chi connectivity index (χ3v) is 1.91. The summed E-state index contributed by atoms with van der Waals surface area (Å²) in [5.74, 6) is -0.577. The Balaban J connectivity index is 2.58. The van der Waals surface area contributed by atoms with Gasteiger partial charge in [-0.05, 0) is 16.7 Å². The lowest BCUT2D eigenvalue weighted by Gasteiger charge is -2.15. The molecule has 90 valence electrons. The van der Waals surface area contributed by atoms with Gasteiger partial charge in [0, 0.05) is 13.7 Å². The van der Waals surface area contributed by atoms with Crippen molar-refractivity contribution in [1.29, 1.82) is 0 Å². The van der Waals surface area contributed by atoms with Gasteiger partial charge in [-0.1, -0.05) is 0 Å². The van der Waals surface area contributed by atoms with Crippen LogP contribution in [-0.2, 0) is 4.74 Å². The molecular weight excluding hydrogens is 216 g/mol. The molecule has 1 rings (SSSR count). The molecule has 1 unspecified atom stereocenters. The molecule has 1 aromatic heterocycles. The van der Waals surface area contributed by atoms with Gasteiger partial charge in [-0.2, -0.15) is 0 Å². The Labute approximate surface area is 91.7 Å². The number of amides is 1. The molecule has 0 aliphatic carbocycles. The zero-order valence-electron chi connectivity index (χ0n) is 8.84. The molecule has 0 spiro atoms. The summed E-state index contributed by atoms with van der Waals surface area (Å²) in [5.41, 5.74) is 5.29. The summed E-state index contributed by atoms with van der Waals surface area (Å²) < 4.78 is 9.19. The maximum Gasteiger partial charge on any atom is 0.277 e. The number of nitrogen functional groups attached to an aromatic ring is 1. The molecule has 0 fully saturated rings. The molecule has 16 heavy (non-hydrogen) atoms. The molecule has 0 saturated heterocycles. The van der Waals surface area contributed by atoms with E-state index in [9.17, 15) is 4.79 Å². The third-order valence-electron chi connectivity index (χ3n) is 1.91. The lowest BCUT2D eigenvalue weighted by molar-refractivity contribution is 0.0870. The SMILES string of the molecule is COCC(CCO)NC(=O)c1nonc1N. The van der Waals surface area contributed by atoms with E-state index >= 15 is 0 Å². The number of anilines is 1. The average Bonchev–Trinajstić information content (AvgIpc) is 2.65. The normalized spacial score (nSPS) is 12.4. The number of ether oxygens (including phenoxy) is 1. The number of aliphatic hydroxyl groups is 1. The maximum absolute atomic E-state index is 11.6. The van der Waals surface area contributed by atoms with E-state index in [4.69, 9.17) is 15.6 Å². The van der Waals surface area contributed by atoms with Gasteiger partial charge in [0.2, 0.25) is 11.5 Å². The highest BCUT2D eigenvalue weighted by atomic mass is 16.6. The summed E-state index contributed by atoms with van der Waals surface area (Å²) in [5, 5.41) is 18.0. The Hall–Kier alpha value is -1.67. The molecule has 0 aliphatic rings. The van der Waals surface area contributed by atoms with Gasteiger partial charge in [-0.3, -0.25) is 4.79 Å². The van der Waals surface area contributed by atoms with Crippen molar-refractivity contribution in [2.75, 3.05) is 26.1 Å². The van der Waals surface area contributed by atoms with Crippen LogP contribution in [0.1, 0.15) is 16.9 Å². The van der Waals surface area contributed by atoms with Gasteiger partial charge in [0.15, 0.2) is 0 Å². The van der Waals surface area contributed by atoms with Crippen LogP contribution in [0.15, 0.2) is 4.63 Å². The van der Waals surface area contributed by atoms with Crippen LogP contribution in [0.2, 0.25) is 0 Å². The second-order valence-electron chi connectivity index (χ2n) is 3.14. The third kappa shape index (κ3) is 3.17. The fraction of sp³-hybridized carbons (Fsp3) is 0.625. The number of nitrogens with zero attached hydrogens (tertiary/aromatic N) is 2. The van der Waals surface area contributed by atoms with Crippen molar-refractivity contribution >= 4 is 11.7 Å². The van der Waals surface area contributed by atoms with Gasteiger partial charge in [-0.25, -0.2) is 4.63 Å². The van der Waals surface area contributed by atoms with Crippen molar-refractivity contribution < 1.29 is 19.3 Å². The van der Waals surface area contributed by atoms with Gasteiger partial charge < -0.3 is 20.9 Å². The fourth-order valence-electron chi connectivity index (χ4n) is 1.16. The number of aromatic nitrogens is 2. The number of nitrogens with two attached hydrogens (primary N) is 1. The maximum atomic E-state index is 11.6. The molecule has 0 aromatic carbocycles. The Bertz CT molecular complexity index is 335. The average molecular weight is 230 g/mol. The van der Waals surface area contributed by atoms with E-state index in [1.54, 1.807) is 0 Å². The number of carbonyl (C=O) groups excluding carboxylic acids is 1. The Kier molecular flexibility index (Phi) is 4.67. The zero-order chi connectivity index (χ0) is 12.0. The highest BCUT2D eigenvalue weighted by molar-refractivity contribution is 5.96. The fourth-order valence-corrected chi connectivity index (χ4v) is 1.16. The Morgan fingerprint density at radius 2 is 2.44 bits per heavy atom. The molecule has 1 amide bonds. The summed E-state index contributed by atoms with van der Waals surface area (Å²) >= 11 is 0. The van der Waals surface area contributed by atoms with Crippen LogP contribution in [0.5, 0.6) is 0 Å². The molecule has 1 atom stereocenters. The van der Waals surface area contributed by atoms with Crippen molar-refractivity contribution in [3.8, 4) is 0 Å². The highest BCUT2D eigenvalue weighted by Gasteiger charge is 2.19. The largest absolute Gasteiger partial charge is 0.396 e. The van der Waals surface area contributed by atoms with Crippen molar-refractivity contribution in [2.24, 2.45) is 0 Å². The second kappa shape index (κ2) is 6.03. The zero-order valence-corrected chi connectivity index (χ0v) is 8.84. The number of hydrogen-bond donors (Lipinski definition) is 3. The lowest BCUT2D eigenvalue weighted by Crippen LogP contribution is -2.39. The number of carbonyl (C=O) groups is 1. The highest BCUT2D eigenvalue weighted by Crippen LogP contribution is 2.04. The molecule has 0 aliphatic heterocycles. The number of aliphatic hydroxyl groups excluding tert-OH is 1. The van der Waals surface area contributed by atoms with Gasteiger partial charge >= 0.3 is 0 Å². The molecule has 1 heterocycles. The number of methoxy groups -OCH3 is 1. The molecule has 0 bridgehead atoms. The van der Waals surface area contributed by atoms with Crippen LogP contribution >= 0.6 is 0 Å². The Morgan fingerprint density at radius 1 is 1.69 bits per heavy atom. The van der Waals surface area contributed by atoms with Crippen LogP contribution in [0.3, 0.4) is 0 Å². The van der Waals surface area contributed by atoms with Crippen molar-refractivity contribution in [1.82, 2.24) is 15.6 Å². The predicted molar refractivity (Wildman–Crippen MR) is 53.5 cm³/mol. The van der Waals surface area contributed by atoms with E-state index in [2.05, 4.69) is 20.3 Å². The summed E-state index contributed by atoms with van der Waals surface area (Å²) in [4.78, 5) is 11.6. The van der Waals surface area contributed by atoms with E-state index in [1.807, 2.05) is 0 Å². The van der Waals surface area contributed by atoms with E-state index in [0.717, 1.165) is 0 Å². The van der Waals surface area contributed by atoms with Crippen LogP contribution in [-0.4, -0.2) is 47.7 Å². The lowest BCUT2D eigenvalue weighted by atomic mass is 10.2. The van der Waals surface area contributed by atoms with Crippen molar-refractivity contribution in [3.05, 3.63) is 5.69 Å². The predicted octanol–water partition coefficient (Wildman–Crippen LogP) is -1.22.